The fraction of sp³-hybridized carbons (Fsp3) is 0.160. The Balaban J connectivity index is 1.76. The molecule has 0 bridgehead atoms. The first-order chi connectivity index (χ1) is 17.5. The number of rotatable bonds is 7. The molecule has 4 rings (SSSR count). The quantitative estimate of drug-likeness (QED) is 0.340. The van der Waals surface area contributed by atoms with E-state index in [-0.39, 0.29) is 40.8 Å². The maximum Gasteiger partial charge on any atom is 0.417 e. The molecule has 1 atom stereocenters. The van der Waals surface area contributed by atoms with E-state index in [4.69, 9.17) is 5.73 Å². The summed E-state index contributed by atoms with van der Waals surface area (Å²) in [7, 11) is 0. The summed E-state index contributed by atoms with van der Waals surface area (Å²) in [5.74, 6) is -0.243. The molecule has 0 fully saturated rings. The van der Waals surface area contributed by atoms with Crippen molar-refractivity contribution < 1.29 is 26.7 Å². The van der Waals surface area contributed by atoms with Gasteiger partial charge in [-0.25, -0.2) is 9.97 Å². The molecule has 2 heterocycles. The predicted octanol–water partition coefficient (Wildman–Crippen LogP) is 4.53. The largest absolute Gasteiger partial charge is 0.772 e. The molecular weight excluding hydrogens is 507 g/mol. The van der Waals surface area contributed by atoms with E-state index in [1.807, 2.05) is 0 Å². The second-order valence-electron chi connectivity index (χ2n) is 8.18. The minimum atomic E-state index is -4.62. The fourth-order valence-electron chi connectivity index (χ4n) is 3.97. The summed E-state index contributed by atoms with van der Waals surface area (Å²) >= 11 is -2.25. The van der Waals surface area contributed by atoms with Crippen LogP contribution >= 0.6 is 0 Å². The van der Waals surface area contributed by atoms with Crippen LogP contribution < -0.4 is 11.1 Å². The summed E-state index contributed by atoms with van der Waals surface area (Å²) in [6.45, 7) is 1.54. The lowest BCUT2D eigenvalue weighted by Gasteiger charge is -2.16. The van der Waals surface area contributed by atoms with Gasteiger partial charge in [0.05, 0.1) is 23.4 Å². The van der Waals surface area contributed by atoms with Crippen molar-refractivity contribution >= 4 is 28.5 Å². The number of alkyl halides is 3. The molecule has 0 aliphatic rings. The van der Waals surface area contributed by atoms with Crippen LogP contribution in [0.15, 0.2) is 67.0 Å². The molecule has 2 aromatic heterocycles. The molecule has 37 heavy (non-hydrogen) atoms. The zero-order valence-corrected chi connectivity index (χ0v) is 20.3. The second kappa shape index (κ2) is 10.5. The van der Waals surface area contributed by atoms with Gasteiger partial charge in [-0.15, -0.1) is 0 Å². The number of nitrogens with two attached hydrogens (primary N) is 1. The van der Waals surface area contributed by atoms with Gasteiger partial charge in [0.2, 0.25) is 0 Å². The lowest BCUT2D eigenvalue weighted by molar-refractivity contribution is -0.137. The minimum absolute atomic E-state index is 0.0261. The van der Waals surface area contributed by atoms with Gasteiger partial charge in [-0.05, 0) is 42.3 Å². The highest BCUT2D eigenvalue weighted by Gasteiger charge is 2.35. The lowest BCUT2D eigenvalue weighted by Crippen LogP contribution is -2.12. The SMILES string of the molecule is Cc1c(C(=O)Nc2ccc(CS(=O)[O-])cc2)cn(Cc2nccc(N)n2)c1-c1ccccc1C(F)(F)F. The Morgan fingerprint density at radius 3 is 2.49 bits per heavy atom. The Hall–Kier alpha value is -4.03. The normalized spacial score (nSPS) is 12.4. The number of carbonyl (C=O) groups excluding carboxylic acids is 1. The van der Waals surface area contributed by atoms with E-state index in [0.717, 1.165) is 6.07 Å². The number of aromatic nitrogens is 3. The van der Waals surface area contributed by atoms with Gasteiger partial charge in [0, 0.05) is 29.4 Å². The second-order valence-corrected chi connectivity index (χ2v) is 9.08. The molecule has 0 radical (unpaired) electrons. The van der Waals surface area contributed by atoms with Gasteiger partial charge in [-0.3, -0.25) is 9.00 Å². The van der Waals surface area contributed by atoms with Crippen LogP contribution in [0.5, 0.6) is 0 Å². The Labute approximate surface area is 212 Å². The highest BCUT2D eigenvalue weighted by Crippen LogP contribution is 2.39. The van der Waals surface area contributed by atoms with Crippen LogP contribution in [-0.2, 0) is 29.6 Å². The first-order valence-electron chi connectivity index (χ1n) is 10.9. The Kier molecular flexibility index (Phi) is 7.41. The molecule has 4 aromatic rings. The molecule has 12 heteroatoms. The van der Waals surface area contributed by atoms with Gasteiger partial charge in [0.15, 0.2) is 0 Å². The Bertz CT molecular complexity index is 1470. The van der Waals surface area contributed by atoms with Crippen molar-refractivity contribution in [1.82, 2.24) is 14.5 Å². The van der Waals surface area contributed by atoms with Crippen molar-refractivity contribution in [2.45, 2.75) is 25.4 Å². The van der Waals surface area contributed by atoms with E-state index >= 15 is 0 Å². The molecule has 0 aliphatic heterocycles. The summed E-state index contributed by atoms with van der Waals surface area (Å²) in [4.78, 5) is 21.5. The number of amides is 1. The number of nitrogen functional groups attached to an aromatic ring is 1. The number of anilines is 2. The zero-order chi connectivity index (χ0) is 26.7. The molecule has 8 nitrogen and oxygen atoms in total. The van der Waals surface area contributed by atoms with Gasteiger partial charge in [-0.2, -0.15) is 13.2 Å². The maximum atomic E-state index is 13.9. The zero-order valence-electron chi connectivity index (χ0n) is 19.5. The molecular formula is C25H21F3N5O3S-. The van der Waals surface area contributed by atoms with Crippen LogP contribution in [-0.4, -0.2) is 29.2 Å². The average Bonchev–Trinajstić information content (AvgIpc) is 3.15. The first-order valence-corrected chi connectivity index (χ1v) is 12.2. The lowest BCUT2D eigenvalue weighted by atomic mass is 10.00. The number of hydrogen-bond acceptors (Lipinski definition) is 6. The van der Waals surface area contributed by atoms with E-state index in [2.05, 4.69) is 15.3 Å². The topological polar surface area (TPSA) is 126 Å². The average molecular weight is 529 g/mol. The number of hydrogen-bond donors (Lipinski definition) is 2. The number of nitrogens with zero attached hydrogens (tertiary/aromatic N) is 3. The number of halogens is 3. The number of benzene rings is 2. The molecule has 3 N–H and O–H groups in total. The van der Waals surface area contributed by atoms with Crippen molar-refractivity contribution in [3.63, 3.8) is 0 Å². The van der Waals surface area contributed by atoms with Crippen molar-refractivity contribution in [3.05, 3.63) is 95.1 Å². The van der Waals surface area contributed by atoms with E-state index < -0.39 is 28.7 Å². The highest BCUT2D eigenvalue weighted by molar-refractivity contribution is 7.78. The van der Waals surface area contributed by atoms with Gasteiger partial charge in [0.25, 0.3) is 5.91 Å². The third-order valence-corrected chi connectivity index (χ3v) is 6.17. The minimum Gasteiger partial charge on any atom is -0.772 e. The molecule has 192 valence electrons. The van der Waals surface area contributed by atoms with Crippen LogP contribution in [0.3, 0.4) is 0 Å². The Morgan fingerprint density at radius 2 is 1.84 bits per heavy atom. The molecule has 0 saturated heterocycles. The summed E-state index contributed by atoms with van der Waals surface area (Å²) in [6.07, 6.45) is -1.73. The third kappa shape index (κ3) is 6.04. The van der Waals surface area contributed by atoms with Gasteiger partial charge < -0.3 is 20.2 Å². The first kappa shape index (κ1) is 26.0. The van der Waals surface area contributed by atoms with Crippen molar-refractivity contribution in [2.75, 3.05) is 11.1 Å². The van der Waals surface area contributed by atoms with Crippen LogP contribution in [0, 0.1) is 6.92 Å². The van der Waals surface area contributed by atoms with E-state index in [9.17, 15) is 26.7 Å². The van der Waals surface area contributed by atoms with E-state index in [1.165, 1.54) is 41.2 Å². The van der Waals surface area contributed by atoms with Gasteiger partial charge in [0.1, 0.15) is 11.6 Å². The molecule has 0 aliphatic carbocycles. The summed E-state index contributed by atoms with van der Waals surface area (Å²) in [6, 6.07) is 12.8. The molecule has 1 unspecified atom stereocenters. The van der Waals surface area contributed by atoms with Gasteiger partial charge >= 0.3 is 6.18 Å². The van der Waals surface area contributed by atoms with E-state index in [0.29, 0.717) is 16.8 Å². The van der Waals surface area contributed by atoms with Crippen molar-refractivity contribution in [3.8, 4) is 11.3 Å². The van der Waals surface area contributed by atoms with Crippen LogP contribution in [0.1, 0.15) is 32.9 Å². The smallest absolute Gasteiger partial charge is 0.417 e. The van der Waals surface area contributed by atoms with E-state index in [1.54, 1.807) is 31.2 Å². The van der Waals surface area contributed by atoms with Crippen LogP contribution in [0.2, 0.25) is 0 Å². The number of carbonyl (C=O) groups is 1. The molecule has 0 saturated carbocycles. The van der Waals surface area contributed by atoms with Crippen molar-refractivity contribution in [2.24, 2.45) is 0 Å². The standard InChI is InChI=1S/C25H22F3N5O3S/c1-15-19(24(34)31-17-8-6-16(7-9-17)14-37(35)36)12-33(13-22-30-11-10-21(29)32-22)23(15)18-4-2-3-5-20(18)25(26,27)28/h2-12H,13-14H2,1H3,(H,31,34)(H,35,36)(H2,29,30,32)/p-1. The van der Waals surface area contributed by atoms with Gasteiger partial charge in [-0.1, -0.05) is 41.4 Å². The monoisotopic (exact) mass is 528 g/mol. The summed E-state index contributed by atoms with van der Waals surface area (Å²) < 4.78 is 64.9. The highest BCUT2D eigenvalue weighted by atomic mass is 32.2. The molecule has 2 aromatic carbocycles. The predicted molar refractivity (Wildman–Crippen MR) is 132 cm³/mol. The van der Waals surface area contributed by atoms with Crippen LogP contribution in [0.4, 0.5) is 24.7 Å². The summed E-state index contributed by atoms with van der Waals surface area (Å²) in [5.41, 5.74) is 6.42. The third-order valence-electron chi connectivity index (χ3n) is 5.60. The van der Waals surface area contributed by atoms with Crippen LogP contribution in [0.25, 0.3) is 11.3 Å². The maximum absolute atomic E-state index is 13.9. The molecule has 0 spiro atoms. The Morgan fingerprint density at radius 1 is 1.14 bits per heavy atom. The number of nitrogens with one attached hydrogen (secondary N) is 1. The fourth-order valence-corrected chi connectivity index (χ4v) is 4.43. The van der Waals surface area contributed by atoms with Crippen molar-refractivity contribution in [1.29, 1.82) is 0 Å². The summed E-state index contributed by atoms with van der Waals surface area (Å²) in [5, 5.41) is 2.71. The molecule has 1 amide bonds.